The molecule has 1 aliphatic carbocycles. The van der Waals surface area contributed by atoms with Gasteiger partial charge in [0.25, 0.3) is 0 Å². The highest BCUT2D eigenvalue weighted by Crippen LogP contribution is 2.44. The summed E-state index contributed by atoms with van der Waals surface area (Å²) in [5.74, 6) is -3.06. The maximum atomic E-state index is 14.1. The van der Waals surface area contributed by atoms with Gasteiger partial charge in [-0.05, 0) is 75.7 Å². The second-order valence-electron chi connectivity index (χ2n) is 13.5. The van der Waals surface area contributed by atoms with Gasteiger partial charge in [0.05, 0.1) is 6.61 Å². The number of halogens is 2. The summed E-state index contributed by atoms with van der Waals surface area (Å²) < 4.78 is 38.9. The van der Waals surface area contributed by atoms with Crippen LogP contribution in [0.4, 0.5) is 18.4 Å². The zero-order valence-electron chi connectivity index (χ0n) is 31.1. The molecule has 5 aromatic rings. The smallest absolute Gasteiger partial charge is 0.407 e. The maximum absolute atomic E-state index is 14.1. The molecule has 0 unspecified atom stereocenters. The normalized spacial score (nSPS) is 12.7. The van der Waals surface area contributed by atoms with Crippen molar-refractivity contribution in [3.8, 4) is 16.9 Å². The highest BCUT2D eigenvalue weighted by molar-refractivity contribution is 5.91. The van der Waals surface area contributed by atoms with Crippen LogP contribution in [-0.2, 0) is 40.3 Å². The molecule has 0 radical (unpaired) electrons. The predicted molar refractivity (Wildman–Crippen MR) is 208 cm³/mol. The molecule has 13 heteroatoms. The second-order valence-corrected chi connectivity index (χ2v) is 13.5. The molecule has 1 aliphatic rings. The summed E-state index contributed by atoms with van der Waals surface area (Å²) >= 11 is 0. The van der Waals surface area contributed by atoms with E-state index in [1.165, 1.54) is 6.07 Å². The van der Waals surface area contributed by atoms with Crippen molar-refractivity contribution in [2.45, 2.75) is 50.9 Å². The molecule has 57 heavy (non-hydrogen) atoms. The zero-order chi connectivity index (χ0) is 40.3. The standard InChI is InChI=1S/C44H42F2N4O7/c1-2-56-31-18-15-27(16-19-31)22-40(50-43(53)54)42(52)49-39(23-30-17-20-37(45)38(46)21-30)41(51)47-24-28-11-13-29(14-12-28)25-48-44(55)57-26-36-34-9-5-3-7-32(34)33-8-4-6-10-35(33)36/h3-21,36,39-40,50H,2,22-26H2,1H3,(H,47,51)(H,48,55)(H,49,52)(H,53,54)/t39-,40+/m0/s1. The lowest BCUT2D eigenvalue weighted by Crippen LogP contribution is -2.54. The predicted octanol–water partition coefficient (Wildman–Crippen LogP) is 6.62. The summed E-state index contributed by atoms with van der Waals surface area (Å²) in [5, 5.41) is 19.8. The van der Waals surface area contributed by atoms with Gasteiger partial charge in [0.2, 0.25) is 11.8 Å². The molecular formula is C44H42F2N4O7. The van der Waals surface area contributed by atoms with E-state index in [1.54, 1.807) is 48.5 Å². The van der Waals surface area contributed by atoms with Gasteiger partial charge in [-0.2, -0.15) is 0 Å². The number of fused-ring (bicyclic) bond motifs is 3. The number of alkyl carbamates (subject to hydrolysis) is 1. The largest absolute Gasteiger partial charge is 0.494 e. The zero-order valence-corrected chi connectivity index (χ0v) is 31.1. The number of amides is 4. The number of carboxylic acid groups (broad SMARTS) is 1. The SMILES string of the molecule is CCOc1ccc(C[C@@H](NC(=O)O)C(=O)N[C@@H](Cc2ccc(F)c(F)c2)C(=O)NCc2ccc(CNC(=O)OCC3c4ccccc4-c4ccccc43)cc2)cc1. The molecule has 0 saturated heterocycles. The Kier molecular flexibility index (Phi) is 13.1. The molecule has 11 nitrogen and oxygen atoms in total. The molecule has 0 aliphatic heterocycles. The van der Waals surface area contributed by atoms with E-state index in [-0.39, 0.29) is 44.0 Å². The number of rotatable bonds is 16. The van der Waals surface area contributed by atoms with Gasteiger partial charge in [0, 0.05) is 31.8 Å². The van der Waals surface area contributed by atoms with Crippen LogP contribution in [0.25, 0.3) is 11.1 Å². The number of hydrogen-bond donors (Lipinski definition) is 5. The molecule has 0 heterocycles. The van der Waals surface area contributed by atoms with Gasteiger partial charge < -0.3 is 35.8 Å². The van der Waals surface area contributed by atoms with Crippen molar-refractivity contribution in [2.75, 3.05) is 13.2 Å². The molecule has 0 spiro atoms. The van der Waals surface area contributed by atoms with Gasteiger partial charge in [-0.1, -0.05) is 91.0 Å². The van der Waals surface area contributed by atoms with Crippen LogP contribution < -0.4 is 26.0 Å². The van der Waals surface area contributed by atoms with Gasteiger partial charge in [0.15, 0.2) is 11.6 Å². The third-order valence-corrected chi connectivity index (χ3v) is 9.62. The average Bonchev–Trinajstić information content (AvgIpc) is 3.53. The van der Waals surface area contributed by atoms with Gasteiger partial charge in [0.1, 0.15) is 24.4 Å². The van der Waals surface area contributed by atoms with Crippen molar-refractivity contribution >= 4 is 24.0 Å². The van der Waals surface area contributed by atoms with E-state index in [0.717, 1.165) is 39.9 Å². The summed E-state index contributed by atoms with van der Waals surface area (Å²) in [4.78, 5) is 51.4. The van der Waals surface area contributed by atoms with E-state index in [1.807, 2.05) is 31.2 Å². The fourth-order valence-electron chi connectivity index (χ4n) is 6.78. The number of ether oxygens (including phenoxy) is 2. The van der Waals surface area contributed by atoms with Crippen LogP contribution >= 0.6 is 0 Å². The Morgan fingerprint density at radius 1 is 0.649 bits per heavy atom. The monoisotopic (exact) mass is 776 g/mol. The van der Waals surface area contributed by atoms with Gasteiger partial charge >= 0.3 is 12.2 Å². The van der Waals surface area contributed by atoms with Crippen molar-refractivity contribution in [3.63, 3.8) is 0 Å². The molecule has 0 saturated carbocycles. The lowest BCUT2D eigenvalue weighted by Gasteiger charge is -2.23. The maximum Gasteiger partial charge on any atom is 0.407 e. The lowest BCUT2D eigenvalue weighted by molar-refractivity contribution is -0.130. The minimum Gasteiger partial charge on any atom is -0.494 e. The minimum absolute atomic E-state index is 0.0352. The van der Waals surface area contributed by atoms with Crippen molar-refractivity contribution in [1.29, 1.82) is 0 Å². The fourth-order valence-corrected chi connectivity index (χ4v) is 6.78. The van der Waals surface area contributed by atoms with Crippen molar-refractivity contribution in [1.82, 2.24) is 21.3 Å². The molecule has 0 fully saturated rings. The van der Waals surface area contributed by atoms with Gasteiger partial charge in [-0.25, -0.2) is 18.4 Å². The first-order chi connectivity index (χ1) is 27.6. The van der Waals surface area contributed by atoms with Crippen LogP contribution in [0.3, 0.4) is 0 Å². The van der Waals surface area contributed by atoms with Gasteiger partial charge in [-0.3, -0.25) is 9.59 Å². The fraction of sp³-hybridized carbons (Fsp3) is 0.227. The molecule has 5 aromatic carbocycles. The molecule has 5 N–H and O–H groups in total. The second kappa shape index (κ2) is 18.7. The van der Waals surface area contributed by atoms with E-state index in [2.05, 4.69) is 45.5 Å². The summed E-state index contributed by atoms with van der Waals surface area (Å²) in [7, 11) is 0. The molecule has 6 rings (SSSR count). The Morgan fingerprint density at radius 3 is 1.79 bits per heavy atom. The van der Waals surface area contributed by atoms with E-state index in [4.69, 9.17) is 9.47 Å². The summed E-state index contributed by atoms with van der Waals surface area (Å²) in [5.41, 5.74) is 6.86. The first kappa shape index (κ1) is 39.9. The lowest BCUT2D eigenvalue weighted by atomic mass is 9.98. The summed E-state index contributed by atoms with van der Waals surface area (Å²) in [6.45, 7) is 2.74. The van der Waals surface area contributed by atoms with Gasteiger partial charge in [-0.15, -0.1) is 0 Å². The number of benzene rings is 5. The topological polar surface area (TPSA) is 155 Å². The average molecular weight is 777 g/mol. The number of carbonyl (C=O) groups is 4. The number of nitrogens with one attached hydrogen (secondary N) is 4. The van der Waals surface area contributed by atoms with Crippen molar-refractivity contribution in [2.24, 2.45) is 0 Å². The summed E-state index contributed by atoms with van der Waals surface area (Å²) in [6, 6.07) is 30.7. The van der Waals surface area contributed by atoms with E-state index in [0.29, 0.717) is 23.5 Å². The van der Waals surface area contributed by atoms with E-state index in [9.17, 15) is 33.1 Å². The Hall–Kier alpha value is -6.76. The van der Waals surface area contributed by atoms with E-state index < -0.39 is 47.7 Å². The van der Waals surface area contributed by atoms with Crippen LogP contribution in [0.15, 0.2) is 115 Å². The van der Waals surface area contributed by atoms with Crippen molar-refractivity contribution in [3.05, 3.63) is 160 Å². The highest BCUT2D eigenvalue weighted by Gasteiger charge is 2.30. The third kappa shape index (κ3) is 10.5. The molecule has 294 valence electrons. The van der Waals surface area contributed by atoms with E-state index >= 15 is 0 Å². The van der Waals surface area contributed by atoms with Crippen LogP contribution in [0.5, 0.6) is 5.75 Å². The molecular weight excluding hydrogens is 735 g/mol. The van der Waals surface area contributed by atoms with Crippen LogP contribution in [0.2, 0.25) is 0 Å². The highest BCUT2D eigenvalue weighted by atomic mass is 19.2. The third-order valence-electron chi connectivity index (χ3n) is 9.62. The minimum atomic E-state index is -1.44. The Bertz CT molecular complexity index is 2170. The Balaban J connectivity index is 1.04. The molecule has 0 aromatic heterocycles. The molecule has 4 amide bonds. The number of carbonyl (C=O) groups excluding carboxylic acids is 3. The Labute approximate surface area is 328 Å². The van der Waals surface area contributed by atoms with Crippen LogP contribution in [-0.4, -0.2) is 54.4 Å². The number of hydrogen-bond acceptors (Lipinski definition) is 6. The molecule has 2 atom stereocenters. The van der Waals surface area contributed by atoms with Crippen molar-refractivity contribution < 1.29 is 42.5 Å². The Morgan fingerprint density at radius 2 is 1.19 bits per heavy atom. The quantitative estimate of drug-likeness (QED) is 0.0755. The first-order valence-corrected chi connectivity index (χ1v) is 18.5. The molecule has 0 bridgehead atoms. The van der Waals surface area contributed by atoms with Crippen LogP contribution in [0, 0.1) is 11.6 Å². The first-order valence-electron chi connectivity index (χ1n) is 18.5. The van der Waals surface area contributed by atoms with Crippen LogP contribution in [0.1, 0.15) is 46.2 Å². The summed E-state index contributed by atoms with van der Waals surface area (Å²) in [6.07, 6.45) is -2.24.